The van der Waals surface area contributed by atoms with Crippen LogP contribution >= 0.6 is 0 Å². The largest absolute Gasteiger partial charge is 0.398 e. The molecule has 3 rings (SSSR count). The molecule has 0 aromatic heterocycles. The fourth-order valence-corrected chi connectivity index (χ4v) is 2.75. The predicted molar refractivity (Wildman–Crippen MR) is 95.6 cm³/mol. The van der Waals surface area contributed by atoms with Crippen molar-refractivity contribution in [1.29, 1.82) is 0 Å². The van der Waals surface area contributed by atoms with Crippen LogP contribution in [0.3, 0.4) is 0 Å². The third-order valence-corrected chi connectivity index (χ3v) is 4.14. The Kier molecular flexibility index (Phi) is 3.60. The number of hydrogen-bond acceptors (Lipinski definition) is 2. The van der Waals surface area contributed by atoms with Gasteiger partial charge >= 0.3 is 0 Å². The summed E-state index contributed by atoms with van der Waals surface area (Å²) in [6.45, 7) is 4.24. The van der Waals surface area contributed by atoms with E-state index in [-0.39, 0.29) is 0 Å². The highest BCUT2D eigenvalue weighted by molar-refractivity contribution is 5.92. The van der Waals surface area contributed by atoms with Crippen molar-refractivity contribution in [1.82, 2.24) is 0 Å². The van der Waals surface area contributed by atoms with Gasteiger partial charge in [0.25, 0.3) is 0 Å². The molecule has 0 atom stereocenters. The van der Waals surface area contributed by atoms with Crippen LogP contribution in [0.4, 0.5) is 11.4 Å². The number of benzene rings is 3. The monoisotopic (exact) mass is 288 g/mol. The molecule has 3 aromatic carbocycles. The highest BCUT2D eigenvalue weighted by Crippen LogP contribution is 2.38. The Morgan fingerprint density at radius 2 is 0.909 bits per heavy atom. The SMILES string of the molecule is Cc1cc(-c2ccccc2N)c(-c2ccccc2N)cc1C. The summed E-state index contributed by atoms with van der Waals surface area (Å²) >= 11 is 0. The zero-order chi connectivity index (χ0) is 15.7. The minimum Gasteiger partial charge on any atom is -0.398 e. The zero-order valence-electron chi connectivity index (χ0n) is 12.9. The maximum atomic E-state index is 6.19. The van der Waals surface area contributed by atoms with E-state index in [1.54, 1.807) is 0 Å². The van der Waals surface area contributed by atoms with Gasteiger partial charge in [0.05, 0.1) is 0 Å². The van der Waals surface area contributed by atoms with Gasteiger partial charge in [0.2, 0.25) is 0 Å². The molecule has 0 aliphatic heterocycles. The van der Waals surface area contributed by atoms with E-state index in [0.717, 1.165) is 33.6 Å². The summed E-state index contributed by atoms with van der Waals surface area (Å²) in [7, 11) is 0. The minimum absolute atomic E-state index is 0.779. The lowest BCUT2D eigenvalue weighted by Crippen LogP contribution is -1.96. The number of nitrogens with two attached hydrogens (primary N) is 2. The lowest BCUT2D eigenvalue weighted by Gasteiger charge is -2.16. The topological polar surface area (TPSA) is 52.0 Å². The fourth-order valence-electron chi connectivity index (χ4n) is 2.75. The Hall–Kier alpha value is -2.74. The number of rotatable bonds is 2. The molecule has 22 heavy (non-hydrogen) atoms. The van der Waals surface area contributed by atoms with Crippen LogP contribution < -0.4 is 11.5 Å². The molecular formula is C20H20N2. The normalized spacial score (nSPS) is 10.6. The second kappa shape index (κ2) is 5.57. The lowest BCUT2D eigenvalue weighted by atomic mass is 9.89. The maximum Gasteiger partial charge on any atom is 0.0393 e. The number of para-hydroxylation sites is 2. The number of hydrogen-bond donors (Lipinski definition) is 2. The van der Waals surface area contributed by atoms with Gasteiger partial charge in [-0.25, -0.2) is 0 Å². The molecule has 0 unspecified atom stereocenters. The summed E-state index contributed by atoms with van der Waals surface area (Å²) in [4.78, 5) is 0. The molecule has 3 aromatic rings. The third-order valence-electron chi connectivity index (χ3n) is 4.14. The van der Waals surface area contributed by atoms with E-state index in [0.29, 0.717) is 0 Å². The molecule has 0 saturated heterocycles. The van der Waals surface area contributed by atoms with Crippen molar-refractivity contribution >= 4 is 11.4 Å². The van der Waals surface area contributed by atoms with Crippen molar-refractivity contribution in [2.75, 3.05) is 11.5 Å². The summed E-state index contributed by atoms with van der Waals surface area (Å²) in [5.41, 5.74) is 20.8. The highest BCUT2D eigenvalue weighted by atomic mass is 14.6. The van der Waals surface area contributed by atoms with Crippen LogP contribution in [-0.4, -0.2) is 0 Å². The van der Waals surface area contributed by atoms with E-state index >= 15 is 0 Å². The first kappa shape index (κ1) is 14.2. The molecule has 4 N–H and O–H groups in total. The third kappa shape index (κ3) is 2.44. The minimum atomic E-state index is 0.779. The van der Waals surface area contributed by atoms with E-state index in [9.17, 15) is 0 Å². The molecule has 110 valence electrons. The smallest absolute Gasteiger partial charge is 0.0393 e. The first-order valence-corrected chi connectivity index (χ1v) is 7.39. The van der Waals surface area contributed by atoms with Gasteiger partial charge in [-0.3, -0.25) is 0 Å². The average molecular weight is 288 g/mol. The van der Waals surface area contributed by atoms with E-state index in [2.05, 4.69) is 38.1 Å². The fraction of sp³-hybridized carbons (Fsp3) is 0.100. The Morgan fingerprint density at radius 3 is 1.27 bits per heavy atom. The van der Waals surface area contributed by atoms with Crippen LogP contribution in [0, 0.1) is 13.8 Å². The number of aryl methyl sites for hydroxylation is 2. The van der Waals surface area contributed by atoms with Gasteiger partial charge < -0.3 is 11.5 Å². The molecule has 0 amide bonds. The van der Waals surface area contributed by atoms with Gasteiger partial charge in [-0.1, -0.05) is 48.5 Å². The maximum absolute atomic E-state index is 6.19. The summed E-state index contributed by atoms with van der Waals surface area (Å²) < 4.78 is 0. The number of anilines is 2. The van der Waals surface area contributed by atoms with E-state index in [1.165, 1.54) is 11.1 Å². The second-order valence-corrected chi connectivity index (χ2v) is 5.66. The lowest BCUT2D eigenvalue weighted by molar-refractivity contribution is 1.34. The van der Waals surface area contributed by atoms with Gasteiger partial charge in [0.15, 0.2) is 0 Å². The van der Waals surface area contributed by atoms with Crippen molar-refractivity contribution in [3.05, 3.63) is 71.8 Å². The standard InChI is InChI=1S/C20H20N2/c1-13-11-17(15-7-3-5-9-19(15)21)18(12-14(13)2)16-8-4-6-10-20(16)22/h3-12H,21-22H2,1-2H3. The van der Waals surface area contributed by atoms with Crippen LogP contribution in [0.5, 0.6) is 0 Å². The summed E-state index contributed by atoms with van der Waals surface area (Å²) in [6.07, 6.45) is 0. The zero-order valence-corrected chi connectivity index (χ0v) is 12.9. The Morgan fingerprint density at radius 1 is 0.545 bits per heavy atom. The molecule has 0 bridgehead atoms. The van der Waals surface area contributed by atoms with Crippen LogP contribution in [-0.2, 0) is 0 Å². The molecular weight excluding hydrogens is 268 g/mol. The Bertz CT molecular complexity index is 764. The Labute approximate surface area is 131 Å². The summed E-state index contributed by atoms with van der Waals surface area (Å²) in [5, 5.41) is 0. The molecule has 0 saturated carbocycles. The molecule has 0 aliphatic carbocycles. The van der Waals surface area contributed by atoms with Crippen molar-refractivity contribution in [3.63, 3.8) is 0 Å². The first-order valence-electron chi connectivity index (χ1n) is 7.39. The van der Waals surface area contributed by atoms with Gasteiger partial charge in [-0.15, -0.1) is 0 Å². The van der Waals surface area contributed by atoms with Crippen molar-refractivity contribution < 1.29 is 0 Å². The molecule has 0 heterocycles. The molecule has 2 heteroatoms. The van der Waals surface area contributed by atoms with Crippen molar-refractivity contribution in [2.45, 2.75) is 13.8 Å². The average Bonchev–Trinajstić information content (AvgIpc) is 2.51. The van der Waals surface area contributed by atoms with Gasteiger partial charge in [-0.2, -0.15) is 0 Å². The molecule has 0 fully saturated rings. The van der Waals surface area contributed by atoms with Gasteiger partial charge in [0.1, 0.15) is 0 Å². The van der Waals surface area contributed by atoms with Gasteiger partial charge in [-0.05, 0) is 48.2 Å². The molecule has 0 aliphatic rings. The van der Waals surface area contributed by atoms with E-state index in [1.807, 2.05) is 36.4 Å². The predicted octanol–water partition coefficient (Wildman–Crippen LogP) is 4.80. The van der Waals surface area contributed by atoms with Crippen molar-refractivity contribution in [3.8, 4) is 22.3 Å². The molecule has 0 radical (unpaired) electrons. The first-order chi connectivity index (χ1) is 10.6. The molecule has 2 nitrogen and oxygen atoms in total. The van der Waals surface area contributed by atoms with E-state index in [4.69, 9.17) is 11.5 Å². The van der Waals surface area contributed by atoms with Crippen LogP contribution in [0.15, 0.2) is 60.7 Å². The molecule has 0 spiro atoms. The summed E-state index contributed by atoms with van der Waals surface area (Å²) in [5.74, 6) is 0. The Balaban J connectivity index is 2.33. The highest BCUT2D eigenvalue weighted by Gasteiger charge is 2.13. The van der Waals surface area contributed by atoms with Gasteiger partial charge in [0, 0.05) is 22.5 Å². The van der Waals surface area contributed by atoms with Crippen LogP contribution in [0.1, 0.15) is 11.1 Å². The van der Waals surface area contributed by atoms with Crippen molar-refractivity contribution in [2.24, 2.45) is 0 Å². The van der Waals surface area contributed by atoms with Crippen LogP contribution in [0.2, 0.25) is 0 Å². The summed E-state index contributed by atoms with van der Waals surface area (Å²) in [6, 6.07) is 20.3. The quantitative estimate of drug-likeness (QED) is 0.665. The number of nitrogen functional groups attached to an aromatic ring is 2. The van der Waals surface area contributed by atoms with E-state index < -0.39 is 0 Å². The second-order valence-electron chi connectivity index (χ2n) is 5.66. The van der Waals surface area contributed by atoms with Crippen LogP contribution in [0.25, 0.3) is 22.3 Å².